The first-order valence-electron chi connectivity index (χ1n) is 5.12. The summed E-state index contributed by atoms with van der Waals surface area (Å²) in [7, 11) is 0. The topological polar surface area (TPSA) is 60.2 Å². The molecule has 0 aromatic carbocycles. The van der Waals surface area contributed by atoms with E-state index in [9.17, 15) is 8.78 Å². The zero-order chi connectivity index (χ0) is 12.7. The molecule has 1 rings (SSSR count). The van der Waals surface area contributed by atoms with Crippen LogP contribution in [-0.2, 0) is 6.54 Å². The summed E-state index contributed by atoms with van der Waals surface area (Å²) in [5.74, 6) is 0. The van der Waals surface area contributed by atoms with Crippen molar-refractivity contribution in [1.29, 1.82) is 5.26 Å². The average Bonchev–Trinajstić information content (AvgIpc) is 2.29. The van der Waals surface area contributed by atoms with E-state index < -0.39 is 13.0 Å². The fourth-order valence-corrected chi connectivity index (χ4v) is 1.46. The van der Waals surface area contributed by atoms with Gasteiger partial charge < -0.3 is 5.11 Å². The molecule has 1 aromatic rings. The fraction of sp³-hybridized carbons (Fsp3) is 0.455. The molecule has 0 bridgehead atoms. The molecule has 1 N–H and O–H groups in total. The van der Waals surface area contributed by atoms with Gasteiger partial charge in [-0.05, 0) is 17.7 Å². The maximum Gasteiger partial charge on any atom is 0.251 e. The lowest BCUT2D eigenvalue weighted by Crippen LogP contribution is -2.31. The highest BCUT2D eigenvalue weighted by Crippen LogP contribution is 2.07. The van der Waals surface area contributed by atoms with Crippen LogP contribution in [0.2, 0.25) is 0 Å². The highest BCUT2D eigenvalue weighted by atomic mass is 19.3. The minimum absolute atomic E-state index is 0.175. The van der Waals surface area contributed by atoms with E-state index in [0.717, 1.165) is 5.56 Å². The van der Waals surface area contributed by atoms with Crippen LogP contribution in [0.3, 0.4) is 0 Å². The predicted octanol–water partition coefficient (Wildman–Crippen LogP) is 1.01. The van der Waals surface area contributed by atoms with Crippen molar-refractivity contribution in [1.82, 2.24) is 9.88 Å². The molecule has 0 unspecified atom stereocenters. The molecule has 0 saturated heterocycles. The minimum Gasteiger partial charge on any atom is -0.395 e. The smallest absolute Gasteiger partial charge is 0.251 e. The highest BCUT2D eigenvalue weighted by Gasteiger charge is 2.12. The number of rotatable bonds is 6. The van der Waals surface area contributed by atoms with E-state index in [0.29, 0.717) is 0 Å². The molecular weight excluding hydrogens is 228 g/mol. The number of alkyl halides is 2. The first-order chi connectivity index (χ1) is 8.15. The number of halogens is 2. The van der Waals surface area contributed by atoms with E-state index in [4.69, 9.17) is 10.4 Å². The van der Waals surface area contributed by atoms with Gasteiger partial charge in [0.2, 0.25) is 0 Å². The molecule has 0 saturated carbocycles. The molecule has 4 nitrogen and oxygen atoms in total. The Labute approximate surface area is 98.1 Å². The van der Waals surface area contributed by atoms with Crippen LogP contribution in [0, 0.1) is 11.3 Å². The zero-order valence-electron chi connectivity index (χ0n) is 9.18. The summed E-state index contributed by atoms with van der Waals surface area (Å²) in [4.78, 5) is 5.23. The van der Waals surface area contributed by atoms with Crippen LogP contribution in [0.4, 0.5) is 8.78 Å². The Morgan fingerprint density at radius 1 is 1.53 bits per heavy atom. The van der Waals surface area contributed by atoms with Gasteiger partial charge >= 0.3 is 0 Å². The Hall–Kier alpha value is -1.58. The van der Waals surface area contributed by atoms with Gasteiger partial charge in [0.05, 0.1) is 13.2 Å². The summed E-state index contributed by atoms with van der Waals surface area (Å²) in [6, 6.07) is 5.10. The summed E-state index contributed by atoms with van der Waals surface area (Å²) in [6.07, 6.45) is -0.980. The summed E-state index contributed by atoms with van der Waals surface area (Å²) >= 11 is 0. The van der Waals surface area contributed by atoms with E-state index in [-0.39, 0.29) is 25.4 Å². The van der Waals surface area contributed by atoms with Crippen molar-refractivity contribution in [3.8, 4) is 6.07 Å². The molecule has 0 atom stereocenters. The van der Waals surface area contributed by atoms with Gasteiger partial charge in [0, 0.05) is 19.3 Å². The molecule has 0 spiro atoms. The van der Waals surface area contributed by atoms with E-state index in [1.807, 2.05) is 6.07 Å². The fourth-order valence-electron chi connectivity index (χ4n) is 1.46. The lowest BCUT2D eigenvalue weighted by molar-refractivity contribution is 0.0746. The first kappa shape index (κ1) is 13.5. The summed E-state index contributed by atoms with van der Waals surface area (Å²) in [5.41, 5.74) is 0.981. The van der Waals surface area contributed by atoms with Gasteiger partial charge in [-0.3, -0.25) is 4.90 Å². The molecule has 0 aliphatic rings. The Morgan fingerprint density at radius 3 is 2.88 bits per heavy atom. The minimum atomic E-state index is -2.45. The van der Waals surface area contributed by atoms with Crippen LogP contribution < -0.4 is 0 Å². The lowest BCUT2D eigenvalue weighted by Gasteiger charge is -2.20. The summed E-state index contributed by atoms with van der Waals surface area (Å²) < 4.78 is 24.5. The van der Waals surface area contributed by atoms with E-state index in [2.05, 4.69) is 4.98 Å². The van der Waals surface area contributed by atoms with Gasteiger partial charge in [0.1, 0.15) is 11.8 Å². The second kappa shape index (κ2) is 6.89. The van der Waals surface area contributed by atoms with Crippen LogP contribution in [0.1, 0.15) is 11.3 Å². The largest absolute Gasteiger partial charge is 0.395 e. The van der Waals surface area contributed by atoms with Crippen molar-refractivity contribution < 1.29 is 13.9 Å². The van der Waals surface area contributed by atoms with Crippen LogP contribution in [0.25, 0.3) is 0 Å². The third-order valence-electron chi connectivity index (χ3n) is 2.16. The summed E-state index contributed by atoms with van der Waals surface area (Å²) in [5, 5.41) is 17.4. The second-order valence-corrected chi connectivity index (χ2v) is 3.51. The molecule has 92 valence electrons. The third kappa shape index (κ3) is 4.85. The van der Waals surface area contributed by atoms with Crippen molar-refractivity contribution in [3.63, 3.8) is 0 Å². The molecule has 1 aromatic heterocycles. The summed E-state index contributed by atoms with van der Waals surface area (Å²) in [6.45, 7) is -0.135. The molecule has 0 radical (unpaired) electrons. The maximum atomic E-state index is 12.3. The van der Waals surface area contributed by atoms with Crippen LogP contribution >= 0.6 is 0 Å². The number of nitrogens with zero attached hydrogens (tertiary/aromatic N) is 3. The van der Waals surface area contributed by atoms with Gasteiger partial charge in [-0.2, -0.15) is 5.26 Å². The average molecular weight is 241 g/mol. The number of hydrogen-bond donors (Lipinski definition) is 1. The van der Waals surface area contributed by atoms with Gasteiger partial charge in [0.15, 0.2) is 0 Å². The molecule has 0 aliphatic heterocycles. The van der Waals surface area contributed by atoms with E-state index in [1.54, 1.807) is 12.1 Å². The molecule has 6 heteroatoms. The Bertz CT molecular complexity index is 393. The normalized spacial score (nSPS) is 10.8. The molecular formula is C11H13F2N3O. The standard InChI is InChI=1S/C11H13F2N3O/c12-11(13)8-16(3-4-17)7-9-1-2-15-10(5-9)6-14/h1-2,5,11,17H,3-4,7-8H2. The second-order valence-electron chi connectivity index (χ2n) is 3.51. The van der Waals surface area contributed by atoms with Gasteiger partial charge in [-0.15, -0.1) is 0 Å². The quantitative estimate of drug-likeness (QED) is 0.807. The Balaban J connectivity index is 2.68. The molecule has 0 aliphatic carbocycles. The zero-order valence-corrected chi connectivity index (χ0v) is 9.18. The van der Waals surface area contributed by atoms with Gasteiger partial charge in [-0.25, -0.2) is 13.8 Å². The number of nitriles is 1. The Morgan fingerprint density at radius 2 is 2.29 bits per heavy atom. The van der Waals surface area contributed by atoms with Crippen molar-refractivity contribution >= 4 is 0 Å². The first-order valence-corrected chi connectivity index (χ1v) is 5.12. The number of hydrogen-bond acceptors (Lipinski definition) is 4. The van der Waals surface area contributed by atoms with Crippen LogP contribution in [-0.4, -0.2) is 41.1 Å². The van der Waals surface area contributed by atoms with Crippen LogP contribution in [0.5, 0.6) is 0 Å². The van der Waals surface area contributed by atoms with Crippen molar-refractivity contribution in [2.45, 2.75) is 13.0 Å². The SMILES string of the molecule is N#Cc1cc(CN(CCO)CC(F)F)ccn1. The third-order valence-corrected chi connectivity index (χ3v) is 2.16. The van der Waals surface area contributed by atoms with Gasteiger partial charge in [-0.1, -0.05) is 0 Å². The molecule has 0 fully saturated rings. The highest BCUT2D eigenvalue weighted by molar-refractivity contribution is 5.25. The Kier molecular flexibility index (Phi) is 5.46. The lowest BCUT2D eigenvalue weighted by atomic mass is 10.2. The van der Waals surface area contributed by atoms with Crippen LogP contribution in [0.15, 0.2) is 18.3 Å². The van der Waals surface area contributed by atoms with Crippen molar-refractivity contribution in [3.05, 3.63) is 29.6 Å². The molecule has 0 amide bonds. The van der Waals surface area contributed by atoms with Crippen molar-refractivity contribution in [2.24, 2.45) is 0 Å². The number of aliphatic hydroxyl groups is 1. The number of aromatic nitrogens is 1. The molecule has 17 heavy (non-hydrogen) atoms. The molecule has 1 heterocycles. The van der Waals surface area contributed by atoms with E-state index >= 15 is 0 Å². The monoisotopic (exact) mass is 241 g/mol. The maximum absolute atomic E-state index is 12.3. The van der Waals surface area contributed by atoms with Crippen molar-refractivity contribution in [2.75, 3.05) is 19.7 Å². The number of aliphatic hydroxyl groups excluding tert-OH is 1. The van der Waals surface area contributed by atoms with E-state index in [1.165, 1.54) is 11.1 Å². The van der Waals surface area contributed by atoms with Gasteiger partial charge in [0.25, 0.3) is 6.43 Å². The predicted molar refractivity (Wildman–Crippen MR) is 57.3 cm³/mol. The number of pyridine rings is 1.